The minimum Gasteiger partial charge on any atom is -0.481 e. The van der Waals surface area contributed by atoms with Gasteiger partial charge in [0, 0.05) is 41.8 Å². The van der Waals surface area contributed by atoms with E-state index in [9.17, 15) is 27.9 Å². The Morgan fingerprint density at radius 3 is 2.58 bits per heavy atom. The molecule has 2 aromatic rings. The van der Waals surface area contributed by atoms with E-state index in [1.165, 1.54) is 6.07 Å². The minimum atomic E-state index is -4.58. The summed E-state index contributed by atoms with van der Waals surface area (Å²) in [6, 6.07) is 8.49. The molecule has 33 heavy (non-hydrogen) atoms. The van der Waals surface area contributed by atoms with E-state index < -0.39 is 23.1 Å². The van der Waals surface area contributed by atoms with Crippen LogP contribution in [-0.2, 0) is 27.7 Å². The molecule has 0 saturated heterocycles. The van der Waals surface area contributed by atoms with E-state index in [2.05, 4.69) is 5.32 Å². The summed E-state index contributed by atoms with van der Waals surface area (Å²) in [4.78, 5) is 26.2. The van der Waals surface area contributed by atoms with Crippen LogP contribution in [0.3, 0.4) is 0 Å². The minimum absolute atomic E-state index is 0.0355. The molecular formula is C24H24ClF3N2O3. The molecule has 1 unspecified atom stereocenters. The number of carboxylic acids is 1. The van der Waals surface area contributed by atoms with Crippen LogP contribution >= 0.6 is 11.6 Å². The second kappa shape index (κ2) is 8.56. The van der Waals surface area contributed by atoms with Crippen LogP contribution in [-0.4, -0.2) is 35.0 Å². The summed E-state index contributed by atoms with van der Waals surface area (Å²) in [5, 5.41) is 13.3. The van der Waals surface area contributed by atoms with Crippen LogP contribution in [0.15, 0.2) is 36.4 Å². The highest BCUT2D eigenvalue weighted by Gasteiger charge is 2.46. The van der Waals surface area contributed by atoms with Crippen LogP contribution in [0.4, 0.5) is 18.9 Å². The molecule has 176 valence electrons. The number of fused-ring (bicyclic) bond motifs is 1. The number of carboxylic acid groups (broad SMARTS) is 1. The zero-order valence-corrected chi connectivity index (χ0v) is 18.8. The molecule has 4 rings (SSSR count). The van der Waals surface area contributed by atoms with Gasteiger partial charge in [-0.1, -0.05) is 23.7 Å². The predicted molar refractivity (Wildman–Crippen MR) is 118 cm³/mol. The van der Waals surface area contributed by atoms with Gasteiger partial charge in [0.15, 0.2) is 0 Å². The number of nitrogens with one attached hydrogen (secondary N) is 1. The average Bonchev–Trinajstić information content (AvgIpc) is 3.53. The van der Waals surface area contributed by atoms with Crippen LogP contribution in [0.5, 0.6) is 0 Å². The predicted octanol–water partition coefficient (Wildman–Crippen LogP) is 5.30. The van der Waals surface area contributed by atoms with Crippen molar-refractivity contribution in [2.75, 3.05) is 18.4 Å². The van der Waals surface area contributed by atoms with E-state index in [0.717, 1.165) is 25.0 Å². The van der Waals surface area contributed by atoms with Crippen molar-refractivity contribution in [1.82, 2.24) is 4.90 Å². The van der Waals surface area contributed by atoms with E-state index >= 15 is 0 Å². The van der Waals surface area contributed by atoms with Crippen LogP contribution in [0, 0.1) is 5.92 Å². The van der Waals surface area contributed by atoms with Gasteiger partial charge in [-0.3, -0.25) is 9.59 Å². The fraction of sp³-hybridized carbons (Fsp3) is 0.417. The lowest BCUT2D eigenvalue weighted by atomic mass is 9.71. The monoisotopic (exact) mass is 480 g/mol. The maximum Gasteiger partial charge on any atom is 0.416 e. The van der Waals surface area contributed by atoms with Gasteiger partial charge in [0.2, 0.25) is 5.91 Å². The molecule has 5 nitrogen and oxygen atoms in total. The average molecular weight is 481 g/mol. The van der Waals surface area contributed by atoms with E-state index in [4.69, 9.17) is 11.6 Å². The third-order valence-electron chi connectivity index (χ3n) is 6.46. The Bertz CT molecular complexity index is 1100. The Kier molecular flexibility index (Phi) is 6.07. The van der Waals surface area contributed by atoms with Gasteiger partial charge in [0.1, 0.15) is 0 Å². The van der Waals surface area contributed by atoms with Gasteiger partial charge in [-0.25, -0.2) is 0 Å². The van der Waals surface area contributed by atoms with Crippen molar-refractivity contribution in [2.24, 2.45) is 5.92 Å². The van der Waals surface area contributed by atoms with Crippen molar-refractivity contribution >= 4 is 29.2 Å². The van der Waals surface area contributed by atoms with E-state index in [1.807, 2.05) is 0 Å². The first-order valence-electron chi connectivity index (χ1n) is 10.8. The van der Waals surface area contributed by atoms with Crippen molar-refractivity contribution in [3.8, 4) is 0 Å². The Morgan fingerprint density at radius 1 is 1.24 bits per heavy atom. The number of alkyl halides is 3. The van der Waals surface area contributed by atoms with Crippen molar-refractivity contribution in [3.05, 3.63) is 63.7 Å². The normalized spacial score (nSPS) is 19.7. The van der Waals surface area contributed by atoms with Gasteiger partial charge in [-0.2, -0.15) is 13.2 Å². The Hall–Kier alpha value is -2.74. The topological polar surface area (TPSA) is 69.6 Å². The summed E-state index contributed by atoms with van der Waals surface area (Å²) in [5.41, 5.74) is -0.119. The Labute approximate surface area is 194 Å². The third-order valence-corrected chi connectivity index (χ3v) is 6.77. The van der Waals surface area contributed by atoms with Crippen molar-refractivity contribution in [2.45, 2.75) is 44.3 Å². The summed E-state index contributed by atoms with van der Waals surface area (Å²) in [7, 11) is 0. The molecule has 1 aliphatic heterocycles. The summed E-state index contributed by atoms with van der Waals surface area (Å²) in [5.74, 6) is -1.27. The smallest absolute Gasteiger partial charge is 0.416 e. The molecule has 1 amide bonds. The number of carbonyl (C=O) groups excluding carboxylic acids is 1. The van der Waals surface area contributed by atoms with Crippen molar-refractivity contribution in [1.29, 1.82) is 0 Å². The SMILES string of the molecule is CCN(Cc1cc(C(F)(F)F)ccc1C1(CC(=O)O)CNc2cccc(Cl)c21)C(=O)C1CC1. The Balaban J connectivity index is 1.89. The third kappa shape index (κ3) is 4.40. The molecule has 0 spiro atoms. The quantitative estimate of drug-likeness (QED) is 0.564. The highest BCUT2D eigenvalue weighted by molar-refractivity contribution is 6.32. The van der Waals surface area contributed by atoms with Crippen LogP contribution in [0.1, 0.15) is 48.4 Å². The number of rotatable bonds is 7. The summed E-state index contributed by atoms with van der Waals surface area (Å²) in [6.45, 7) is 2.25. The van der Waals surface area contributed by atoms with Crippen LogP contribution in [0.2, 0.25) is 5.02 Å². The fourth-order valence-electron chi connectivity index (χ4n) is 4.73. The maximum atomic E-state index is 13.6. The van der Waals surface area contributed by atoms with E-state index in [0.29, 0.717) is 28.4 Å². The number of aliphatic carboxylic acids is 1. The van der Waals surface area contributed by atoms with Gasteiger partial charge >= 0.3 is 12.1 Å². The number of hydrogen-bond acceptors (Lipinski definition) is 3. The molecule has 2 aromatic carbocycles. The molecule has 9 heteroatoms. The number of carbonyl (C=O) groups is 2. The first-order valence-corrected chi connectivity index (χ1v) is 11.2. The zero-order chi connectivity index (χ0) is 24.0. The summed E-state index contributed by atoms with van der Waals surface area (Å²) >= 11 is 6.50. The lowest BCUT2D eigenvalue weighted by Crippen LogP contribution is -2.37. The second-order valence-electron chi connectivity index (χ2n) is 8.66. The first-order chi connectivity index (χ1) is 15.6. The van der Waals surface area contributed by atoms with Gasteiger partial charge in [-0.15, -0.1) is 0 Å². The van der Waals surface area contributed by atoms with E-state index in [1.54, 1.807) is 30.0 Å². The maximum absolute atomic E-state index is 13.6. The fourth-order valence-corrected chi connectivity index (χ4v) is 5.09. The molecule has 1 atom stereocenters. The number of anilines is 1. The number of amides is 1. The molecular weight excluding hydrogens is 457 g/mol. The molecule has 0 bridgehead atoms. The van der Waals surface area contributed by atoms with Gasteiger partial charge in [0.25, 0.3) is 0 Å². The number of benzene rings is 2. The number of hydrogen-bond donors (Lipinski definition) is 2. The van der Waals surface area contributed by atoms with E-state index in [-0.39, 0.29) is 36.9 Å². The molecule has 1 saturated carbocycles. The van der Waals surface area contributed by atoms with Crippen LogP contribution < -0.4 is 5.32 Å². The van der Waals surface area contributed by atoms with Crippen LogP contribution in [0.25, 0.3) is 0 Å². The lowest BCUT2D eigenvalue weighted by molar-refractivity contribution is -0.139. The highest BCUT2D eigenvalue weighted by atomic mass is 35.5. The number of halogens is 4. The molecule has 1 heterocycles. The molecule has 0 aromatic heterocycles. The summed E-state index contributed by atoms with van der Waals surface area (Å²) < 4.78 is 40.8. The van der Waals surface area contributed by atoms with Crippen molar-refractivity contribution in [3.63, 3.8) is 0 Å². The first kappa shape index (κ1) is 23.4. The van der Waals surface area contributed by atoms with Gasteiger partial charge in [-0.05, 0) is 55.2 Å². The highest BCUT2D eigenvalue weighted by Crippen LogP contribution is 2.49. The molecule has 1 aliphatic carbocycles. The standard InChI is InChI=1S/C24H24ClF3N2O3/c1-2-30(22(33)14-6-7-14)12-15-10-16(24(26,27)28)8-9-17(15)23(11-20(31)32)13-29-19-5-3-4-18(25)21(19)23/h3-5,8-10,14,29H,2,6-7,11-13H2,1H3,(H,31,32). The lowest BCUT2D eigenvalue weighted by Gasteiger charge is -2.33. The molecule has 2 aliphatic rings. The molecule has 2 N–H and O–H groups in total. The second-order valence-corrected chi connectivity index (χ2v) is 9.07. The molecule has 1 fully saturated rings. The summed E-state index contributed by atoms with van der Waals surface area (Å²) in [6.07, 6.45) is -3.38. The van der Waals surface area contributed by atoms with Gasteiger partial charge in [0.05, 0.1) is 17.4 Å². The van der Waals surface area contributed by atoms with Crippen molar-refractivity contribution < 1.29 is 27.9 Å². The largest absolute Gasteiger partial charge is 0.481 e. The number of nitrogens with zero attached hydrogens (tertiary/aromatic N) is 1. The van der Waals surface area contributed by atoms with Gasteiger partial charge < -0.3 is 15.3 Å². The Morgan fingerprint density at radius 2 is 1.97 bits per heavy atom. The molecule has 0 radical (unpaired) electrons. The zero-order valence-electron chi connectivity index (χ0n) is 18.0.